The van der Waals surface area contributed by atoms with Crippen molar-refractivity contribution >= 4 is 15.8 Å². The molecular formula is C14H25NO4S. The number of carbonyl (C=O) groups is 1. The number of nitrogens with one attached hydrogen (secondary N) is 1. The number of sulfone groups is 1. The molecule has 0 aromatic heterocycles. The van der Waals surface area contributed by atoms with Crippen molar-refractivity contribution < 1.29 is 17.9 Å². The van der Waals surface area contributed by atoms with Crippen LogP contribution in [0.1, 0.15) is 45.4 Å². The number of hydrogen-bond donors (Lipinski definition) is 1. The predicted molar refractivity (Wildman–Crippen MR) is 77.2 cm³/mol. The Morgan fingerprint density at radius 3 is 2.60 bits per heavy atom. The van der Waals surface area contributed by atoms with Gasteiger partial charge in [0.2, 0.25) is 0 Å². The van der Waals surface area contributed by atoms with Crippen LogP contribution in [0.15, 0.2) is 0 Å². The summed E-state index contributed by atoms with van der Waals surface area (Å²) in [6.07, 6.45) is 4.28. The van der Waals surface area contributed by atoms with Gasteiger partial charge in [-0.15, -0.1) is 0 Å². The lowest BCUT2D eigenvalue weighted by Crippen LogP contribution is -2.31. The van der Waals surface area contributed by atoms with Gasteiger partial charge in [-0.3, -0.25) is 4.79 Å². The van der Waals surface area contributed by atoms with Crippen LogP contribution < -0.4 is 5.32 Å². The Hall–Kier alpha value is -0.620. The number of ether oxygens (including phenoxy) is 1. The van der Waals surface area contributed by atoms with Gasteiger partial charge in [-0.2, -0.15) is 0 Å². The third-order valence-electron chi connectivity index (χ3n) is 4.60. The van der Waals surface area contributed by atoms with Crippen LogP contribution in [0.2, 0.25) is 0 Å². The zero-order valence-electron chi connectivity index (χ0n) is 12.4. The number of rotatable bonds is 7. The monoisotopic (exact) mass is 303 g/mol. The molecule has 20 heavy (non-hydrogen) atoms. The second kappa shape index (κ2) is 6.02. The molecule has 2 aliphatic carbocycles. The third-order valence-corrected chi connectivity index (χ3v) is 7.06. The molecule has 0 amide bonds. The molecule has 116 valence electrons. The molecule has 5 nitrogen and oxygen atoms in total. The molecule has 0 spiro atoms. The number of methoxy groups -OCH3 is 1. The van der Waals surface area contributed by atoms with Crippen LogP contribution in [0.5, 0.6) is 0 Å². The zero-order valence-corrected chi connectivity index (χ0v) is 13.2. The normalized spacial score (nSPS) is 28.3. The van der Waals surface area contributed by atoms with Crippen LogP contribution in [-0.4, -0.2) is 45.1 Å². The van der Waals surface area contributed by atoms with Crippen LogP contribution in [0.4, 0.5) is 0 Å². The van der Waals surface area contributed by atoms with E-state index in [1.807, 2.05) is 6.92 Å². The molecule has 0 heterocycles. The smallest absolute Gasteiger partial charge is 0.306 e. The molecule has 2 unspecified atom stereocenters. The minimum Gasteiger partial charge on any atom is -0.469 e. The maximum atomic E-state index is 12.5. The summed E-state index contributed by atoms with van der Waals surface area (Å²) in [5.74, 6) is -0.145. The van der Waals surface area contributed by atoms with Crippen LogP contribution in [0, 0.1) is 5.41 Å². The zero-order chi connectivity index (χ0) is 14.8. The summed E-state index contributed by atoms with van der Waals surface area (Å²) in [6.45, 7) is 2.92. The molecule has 2 aliphatic rings. The van der Waals surface area contributed by atoms with Gasteiger partial charge in [-0.25, -0.2) is 8.42 Å². The topological polar surface area (TPSA) is 72.5 Å². The van der Waals surface area contributed by atoms with Crippen LogP contribution >= 0.6 is 0 Å². The summed E-state index contributed by atoms with van der Waals surface area (Å²) in [5.41, 5.74) is -0.331. The fraction of sp³-hybridized carbons (Fsp3) is 0.929. The molecule has 2 saturated carbocycles. The van der Waals surface area contributed by atoms with Gasteiger partial charge in [-0.1, -0.05) is 6.92 Å². The summed E-state index contributed by atoms with van der Waals surface area (Å²) in [5, 5.41) is 3.09. The molecule has 0 radical (unpaired) electrons. The molecule has 0 aliphatic heterocycles. The highest BCUT2D eigenvalue weighted by atomic mass is 32.2. The van der Waals surface area contributed by atoms with Gasteiger partial charge in [0.15, 0.2) is 9.84 Å². The first-order chi connectivity index (χ1) is 9.41. The van der Waals surface area contributed by atoms with Crippen molar-refractivity contribution in [3.8, 4) is 0 Å². The summed E-state index contributed by atoms with van der Waals surface area (Å²) in [6, 6.07) is 0.329. The largest absolute Gasteiger partial charge is 0.469 e. The van der Waals surface area contributed by atoms with E-state index in [1.54, 1.807) is 0 Å². The van der Waals surface area contributed by atoms with Gasteiger partial charge >= 0.3 is 5.97 Å². The van der Waals surface area contributed by atoms with Gasteiger partial charge in [0.25, 0.3) is 0 Å². The molecule has 0 bridgehead atoms. The van der Waals surface area contributed by atoms with Crippen molar-refractivity contribution in [2.24, 2.45) is 5.41 Å². The first-order valence-electron chi connectivity index (χ1n) is 7.42. The van der Waals surface area contributed by atoms with Crippen LogP contribution in [-0.2, 0) is 19.4 Å². The van der Waals surface area contributed by atoms with Crippen LogP contribution in [0.3, 0.4) is 0 Å². The quantitative estimate of drug-likeness (QED) is 0.717. The second-order valence-corrected chi connectivity index (χ2v) is 8.53. The van der Waals surface area contributed by atoms with Crippen molar-refractivity contribution in [1.82, 2.24) is 5.32 Å². The van der Waals surface area contributed by atoms with E-state index in [9.17, 15) is 13.2 Å². The van der Waals surface area contributed by atoms with Gasteiger partial charge in [-0.05, 0) is 44.1 Å². The summed E-state index contributed by atoms with van der Waals surface area (Å²) < 4.78 is 29.7. The minimum absolute atomic E-state index is 0.151. The van der Waals surface area contributed by atoms with Gasteiger partial charge in [0, 0.05) is 6.04 Å². The molecule has 6 heteroatoms. The highest BCUT2D eigenvalue weighted by molar-refractivity contribution is 7.92. The van der Waals surface area contributed by atoms with E-state index in [1.165, 1.54) is 7.11 Å². The molecule has 2 rings (SSSR count). The molecule has 1 N–H and O–H groups in total. The van der Waals surface area contributed by atoms with E-state index >= 15 is 0 Å². The van der Waals surface area contributed by atoms with Gasteiger partial charge in [0.1, 0.15) is 0 Å². The highest BCUT2D eigenvalue weighted by Gasteiger charge is 2.50. The molecule has 0 saturated heterocycles. The molecule has 0 aromatic carbocycles. The van der Waals surface area contributed by atoms with Crippen molar-refractivity contribution in [1.29, 1.82) is 0 Å². The number of carbonyl (C=O) groups excluding carboxylic acids is 1. The maximum Gasteiger partial charge on any atom is 0.306 e. The Labute approximate surface area is 121 Å². The van der Waals surface area contributed by atoms with E-state index in [-0.39, 0.29) is 28.8 Å². The fourth-order valence-corrected chi connectivity index (χ4v) is 5.71. The van der Waals surface area contributed by atoms with Crippen molar-refractivity contribution in [2.75, 3.05) is 19.4 Å². The van der Waals surface area contributed by atoms with Crippen molar-refractivity contribution in [3.05, 3.63) is 0 Å². The standard InChI is InChI=1S/C14H25NO4S/c1-3-15-11-4-5-12(8-11)20(17,18)10-14(6-7-14)9-13(16)19-2/h11-12,15H,3-10H2,1-2H3. The lowest BCUT2D eigenvalue weighted by molar-refractivity contribution is -0.141. The lowest BCUT2D eigenvalue weighted by atomic mass is 10.1. The minimum atomic E-state index is -3.11. The summed E-state index contributed by atoms with van der Waals surface area (Å²) in [4.78, 5) is 11.4. The lowest BCUT2D eigenvalue weighted by Gasteiger charge is -2.18. The highest BCUT2D eigenvalue weighted by Crippen LogP contribution is 2.51. The van der Waals surface area contributed by atoms with Gasteiger partial charge < -0.3 is 10.1 Å². The van der Waals surface area contributed by atoms with Crippen molar-refractivity contribution in [2.45, 2.75) is 56.7 Å². The molecule has 2 fully saturated rings. The Bertz CT molecular complexity index is 456. The Morgan fingerprint density at radius 1 is 1.35 bits per heavy atom. The second-order valence-electron chi connectivity index (χ2n) is 6.25. The van der Waals surface area contributed by atoms with E-state index in [0.717, 1.165) is 32.2 Å². The summed E-state index contributed by atoms with van der Waals surface area (Å²) in [7, 11) is -1.76. The Kier molecular flexibility index (Phi) is 4.74. The van der Waals surface area contributed by atoms with E-state index < -0.39 is 9.84 Å². The predicted octanol–water partition coefficient (Wildman–Crippen LogP) is 1.28. The molecule has 2 atom stereocenters. The summed E-state index contributed by atoms with van der Waals surface area (Å²) >= 11 is 0. The van der Waals surface area contributed by atoms with Crippen molar-refractivity contribution in [3.63, 3.8) is 0 Å². The van der Waals surface area contributed by atoms with E-state index in [0.29, 0.717) is 12.5 Å². The van der Waals surface area contributed by atoms with Gasteiger partial charge in [0.05, 0.1) is 24.5 Å². The maximum absolute atomic E-state index is 12.5. The molecular weight excluding hydrogens is 278 g/mol. The van der Waals surface area contributed by atoms with E-state index in [4.69, 9.17) is 0 Å². The molecule has 0 aromatic rings. The van der Waals surface area contributed by atoms with Crippen LogP contribution in [0.25, 0.3) is 0 Å². The average molecular weight is 303 g/mol. The van der Waals surface area contributed by atoms with E-state index in [2.05, 4.69) is 10.1 Å². The number of esters is 1. The first kappa shape index (κ1) is 15.8. The third kappa shape index (κ3) is 3.73. The average Bonchev–Trinajstić information content (AvgIpc) is 2.93. The Balaban J connectivity index is 1.93. The number of hydrogen-bond acceptors (Lipinski definition) is 5. The fourth-order valence-electron chi connectivity index (χ4n) is 3.21. The Morgan fingerprint density at radius 2 is 2.05 bits per heavy atom. The SMILES string of the molecule is CCNC1CCC(S(=O)(=O)CC2(CC(=O)OC)CC2)C1. The first-order valence-corrected chi connectivity index (χ1v) is 9.14.